The second-order valence-electron chi connectivity index (χ2n) is 8.69. The highest BCUT2D eigenvalue weighted by molar-refractivity contribution is 6.05. The van der Waals surface area contributed by atoms with E-state index in [2.05, 4.69) is 25.4 Å². The average Bonchev–Trinajstić information content (AvgIpc) is 2.92. The van der Waals surface area contributed by atoms with Crippen LogP contribution in [-0.4, -0.2) is 53.2 Å². The van der Waals surface area contributed by atoms with E-state index in [-0.39, 0.29) is 29.9 Å². The molecule has 0 atom stereocenters. The number of carboxylic acid groups (broad SMARTS) is 1. The van der Waals surface area contributed by atoms with Gasteiger partial charge in [0.15, 0.2) is 0 Å². The number of benzene rings is 3. The maximum absolute atomic E-state index is 13.1. The van der Waals surface area contributed by atoms with Gasteiger partial charge < -0.3 is 30.5 Å². The van der Waals surface area contributed by atoms with Gasteiger partial charge in [0.25, 0.3) is 5.91 Å². The molecule has 3 aromatic carbocycles. The second kappa shape index (κ2) is 14.1. The summed E-state index contributed by atoms with van der Waals surface area (Å²) in [6.45, 7) is -0.514. The van der Waals surface area contributed by atoms with Crippen LogP contribution in [0.15, 0.2) is 72.8 Å². The van der Waals surface area contributed by atoms with Crippen molar-refractivity contribution in [3.63, 3.8) is 0 Å². The Labute approximate surface area is 244 Å². The van der Waals surface area contributed by atoms with Crippen molar-refractivity contribution < 1.29 is 60.1 Å². The number of urea groups is 2. The Morgan fingerprint density at radius 1 is 0.682 bits per heavy atom. The van der Waals surface area contributed by atoms with Gasteiger partial charge in [-0.3, -0.25) is 9.59 Å². The minimum Gasteiger partial charge on any atom is -0.481 e. The summed E-state index contributed by atoms with van der Waals surface area (Å²) in [6.07, 6.45) is -10.2. The molecule has 11 nitrogen and oxygen atoms in total. The lowest BCUT2D eigenvalue weighted by atomic mass is 10.1. The Balaban J connectivity index is 1.77. The van der Waals surface area contributed by atoms with E-state index >= 15 is 0 Å². The first-order valence-corrected chi connectivity index (χ1v) is 12.3. The summed E-state index contributed by atoms with van der Waals surface area (Å²) in [5, 5.41) is 15.8. The summed E-state index contributed by atoms with van der Waals surface area (Å²) in [5.74, 6) is -2.79. The van der Waals surface area contributed by atoms with Crippen LogP contribution in [0.4, 0.5) is 47.3 Å². The molecule has 234 valence electrons. The Kier molecular flexibility index (Phi) is 10.6. The molecule has 0 unspecified atom stereocenters. The molecule has 44 heavy (non-hydrogen) atoms. The number of aliphatic carboxylic acids is 1. The molecule has 0 heterocycles. The molecule has 3 rings (SSSR count). The molecule has 5 amide bonds. The molecule has 0 aliphatic heterocycles. The van der Waals surface area contributed by atoms with E-state index in [1.807, 2.05) is 0 Å². The van der Waals surface area contributed by atoms with E-state index in [0.29, 0.717) is 10.5 Å². The van der Waals surface area contributed by atoms with Crippen LogP contribution in [0.1, 0.15) is 22.3 Å². The van der Waals surface area contributed by atoms with E-state index in [4.69, 9.17) is 5.11 Å². The van der Waals surface area contributed by atoms with E-state index in [1.54, 1.807) is 0 Å². The third kappa shape index (κ3) is 11.1. The van der Waals surface area contributed by atoms with Gasteiger partial charge in [0, 0.05) is 23.5 Å². The van der Waals surface area contributed by atoms with Crippen LogP contribution in [-0.2, 0) is 11.3 Å². The van der Waals surface area contributed by atoms with Gasteiger partial charge in [-0.2, -0.15) is 0 Å². The highest BCUT2D eigenvalue weighted by Gasteiger charge is 2.32. The number of carboxylic acids is 1. The Hall–Kier alpha value is -5.48. The summed E-state index contributed by atoms with van der Waals surface area (Å²) in [5.41, 5.74) is 0.468. The molecule has 0 bridgehead atoms. The molecule has 0 fully saturated rings. The number of halogens is 6. The number of ether oxygens (including phenoxy) is 2. The molecule has 3 aromatic rings. The normalized spacial score (nSPS) is 11.2. The van der Waals surface area contributed by atoms with Crippen molar-refractivity contribution in [3.8, 4) is 11.5 Å². The smallest absolute Gasteiger partial charge is 0.481 e. The number of hydrogen-bond donors (Lipinski definition) is 4. The highest BCUT2D eigenvalue weighted by atomic mass is 19.4. The molecule has 0 spiro atoms. The predicted molar refractivity (Wildman–Crippen MR) is 141 cm³/mol. The van der Waals surface area contributed by atoms with Gasteiger partial charge in [-0.25, -0.2) is 14.5 Å². The van der Waals surface area contributed by atoms with Gasteiger partial charge in [0.1, 0.15) is 11.5 Å². The van der Waals surface area contributed by atoms with E-state index < -0.39 is 54.7 Å². The number of amides is 5. The standard InChI is InChI=1S/C27H22F6N4O7/c28-26(29,30)43-20-9-5-18(6-10-20)35-24(41)37(25(42)36-19-7-11-21(12-8-19)44-27(31,32)33)15-16-1-3-17(4-2-16)23(40)34-14-13-22(38)39/h1-12H,13-15H2,(H,34,40)(H,35,41)(H,36,42)(H,38,39). The van der Waals surface area contributed by atoms with Crippen LogP contribution in [0.3, 0.4) is 0 Å². The first kappa shape index (κ1) is 33.0. The quantitative estimate of drug-likeness (QED) is 0.203. The van der Waals surface area contributed by atoms with Crippen molar-refractivity contribution in [3.05, 3.63) is 83.9 Å². The molecule has 0 saturated carbocycles. The van der Waals surface area contributed by atoms with Gasteiger partial charge in [-0.15, -0.1) is 26.3 Å². The van der Waals surface area contributed by atoms with Crippen LogP contribution in [0.25, 0.3) is 0 Å². The molecule has 0 radical (unpaired) electrons. The number of rotatable bonds is 10. The zero-order valence-electron chi connectivity index (χ0n) is 22.2. The number of carbonyl (C=O) groups excluding carboxylic acids is 3. The monoisotopic (exact) mass is 628 g/mol. The zero-order chi connectivity index (χ0) is 32.5. The Morgan fingerprint density at radius 2 is 1.11 bits per heavy atom. The predicted octanol–water partition coefficient (Wildman–Crippen LogP) is 5.95. The summed E-state index contributed by atoms with van der Waals surface area (Å²) in [4.78, 5) is 49.7. The molecule has 0 saturated heterocycles. The van der Waals surface area contributed by atoms with Gasteiger partial charge in [0.05, 0.1) is 13.0 Å². The topological polar surface area (TPSA) is 146 Å². The van der Waals surface area contributed by atoms with Crippen LogP contribution < -0.4 is 25.4 Å². The third-order valence-corrected chi connectivity index (χ3v) is 5.35. The first-order valence-electron chi connectivity index (χ1n) is 12.3. The van der Waals surface area contributed by atoms with Crippen molar-refractivity contribution in [2.24, 2.45) is 0 Å². The van der Waals surface area contributed by atoms with E-state index in [1.165, 1.54) is 24.3 Å². The first-order chi connectivity index (χ1) is 20.6. The Bertz CT molecular complexity index is 1390. The van der Waals surface area contributed by atoms with Gasteiger partial charge >= 0.3 is 30.8 Å². The van der Waals surface area contributed by atoms with Crippen molar-refractivity contribution >= 4 is 35.3 Å². The summed E-state index contributed by atoms with van der Waals surface area (Å²) in [6, 6.07) is 11.5. The lowest BCUT2D eigenvalue weighted by molar-refractivity contribution is -0.275. The maximum Gasteiger partial charge on any atom is 0.573 e. The van der Waals surface area contributed by atoms with Gasteiger partial charge in [-0.05, 0) is 66.2 Å². The van der Waals surface area contributed by atoms with Crippen molar-refractivity contribution in [2.75, 3.05) is 17.2 Å². The number of hydrogen-bond acceptors (Lipinski definition) is 6. The van der Waals surface area contributed by atoms with Crippen molar-refractivity contribution in [1.29, 1.82) is 0 Å². The van der Waals surface area contributed by atoms with Crippen molar-refractivity contribution in [1.82, 2.24) is 10.2 Å². The SMILES string of the molecule is O=C(O)CCNC(=O)c1ccc(CN(C(=O)Nc2ccc(OC(F)(F)F)cc2)C(=O)Nc2ccc(OC(F)(F)F)cc2)cc1. The minimum atomic E-state index is -4.94. The van der Waals surface area contributed by atoms with Crippen LogP contribution >= 0.6 is 0 Å². The fourth-order valence-electron chi connectivity index (χ4n) is 3.43. The number of alkyl halides is 6. The number of anilines is 2. The number of imide groups is 1. The number of nitrogens with one attached hydrogen (secondary N) is 3. The summed E-state index contributed by atoms with van der Waals surface area (Å²) >= 11 is 0. The summed E-state index contributed by atoms with van der Waals surface area (Å²) in [7, 11) is 0. The van der Waals surface area contributed by atoms with Gasteiger partial charge in [0.2, 0.25) is 0 Å². The van der Waals surface area contributed by atoms with Crippen molar-refractivity contribution in [2.45, 2.75) is 25.7 Å². The fourth-order valence-corrected chi connectivity index (χ4v) is 3.43. The third-order valence-electron chi connectivity index (χ3n) is 5.35. The largest absolute Gasteiger partial charge is 0.573 e. The van der Waals surface area contributed by atoms with E-state index in [0.717, 1.165) is 48.5 Å². The minimum absolute atomic E-state index is 0.00985. The average molecular weight is 628 g/mol. The molecule has 17 heteroatoms. The van der Waals surface area contributed by atoms with Gasteiger partial charge in [-0.1, -0.05) is 12.1 Å². The van der Waals surface area contributed by atoms with Crippen LogP contribution in [0.5, 0.6) is 11.5 Å². The Morgan fingerprint density at radius 3 is 1.50 bits per heavy atom. The number of nitrogens with zero attached hydrogens (tertiary/aromatic N) is 1. The maximum atomic E-state index is 13.1. The molecule has 0 aromatic heterocycles. The lowest BCUT2D eigenvalue weighted by Crippen LogP contribution is -2.42. The van der Waals surface area contributed by atoms with E-state index in [9.17, 15) is 45.5 Å². The lowest BCUT2D eigenvalue weighted by Gasteiger charge is -2.22. The molecule has 4 N–H and O–H groups in total. The molecule has 0 aliphatic carbocycles. The molecule has 0 aliphatic rings. The molecular weight excluding hydrogens is 606 g/mol. The van der Waals surface area contributed by atoms with Crippen LogP contribution in [0.2, 0.25) is 0 Å². The number of carbonyl (C=O) groups is 4. The molecular formula is C27H22F6N4O7. The summed E-state index contributed by atoms with van der Waals surface area (Å²) < 4.78 is 82.2. The highest BCUT2D eigenvalue weighted by Crippen LogP contribution is 2.26. The second-order valence-corrected chi connectivity index (χ2v) is 8.69. The van der Waals surface area contributed by atoms with Crippen LogP contribution in [0, 0.1) is 0 Å². The zero-order valence-corrected chi connectivity index (χ0v) is 22.2. The fraction of sp³-hybridized carbons (Fsp3) is 0.185.